The van der Waals surface area contributed by atoms with Crippen LogP contribution in [0.15, 0.2) is 94.1 Å². The quantitative estimate of drug-likeness (QED) is 0.172. The highest BCUT2D eigenvalue weighted by Gasteiger charge is 2.35. The molecule has 2 aliphatic rings. The van der Waals surface area contributed by atoms with E-state index >= 15 is 0 Å². The van der Waals surface area contributed by atoms with Crippen LogP contribution in [-0.4, -0.2) is 46.5 Å². The number of amides is 4. The lowest BCUT2D eigenvalue weighted by Crippen LogP contribution is -2.29. The summed E-state index contributed by atoms with van der Waals surface area (Å²) in [6.45, 7) is 4.23. The Kier molecular flexibility index (Phi) is 6.77. The van der Waals surface area contributed by atoms with Crippen molar-refractivity contribution in [2.75, 3.05) is 13.1 Å². The standard InChI is InChI=1S/C37H28N2O6/c1-3-38-33(40)27-12-7-23(18-30(27)35(38)42)15-21-5-10-25(11-6-21)29-20-26-17-22(9-14-32(26)45-37(29)44)16-24-8-13-28-31(19-24)36(43)39(4-2)34(28)41/h5-14,17-20H,3-4,15-16H2,1-2H3. The fourth-order valence-electron chi connectivity index (χ4n) is 6.23. The molecule has 222 valence electrons. The zero-order valence-electron chi connectivity index (χ0n) is 24.8. The van der Waals surface area contributed by atoms with Gasteiger partial charge < -0.3 is 4.42 Å². The van der Waals surface area contributed by atoms with Crippen molar-refractivity contribution in [2.45, 2.75) is 26.7 Å². The van der Waals surface area contributed by atoms with Gasteiger partial charge >= 0.3 is 5.63 Å². The minimum absolute atomic E-state index is 0.254. The van der Waals surface area contributed by atoms with Crippen LogP contribution >= 0.6 is 0 Å². The molecule has 8 nitrogen and oxygen atoms in total. The molecule has 0 saturated heterocycles. The molecule has 0 atom stereocenters. The highest BCUT2D eigenvalue weighted by atomic mass is 16.4. The monoisotopic (exact) mass is 596 g/mol. The van der Waals surface area contributed by atoms with Crippen molar-refractivity contribution in [1.29, 1.82) is 0 Å². The minimum atomic E-state index is -0.437. The Balaban J connectivity index is 1.12. The summed E-state index contributed by atoms with van der Waals surface area (Å²) >= 11 is 0. The largest absolute Gasteiger partial charge is 0.422 e. The number of fused-ring (bicyclic) bond motifs is 3. The van der Waals surface area contributed by atoms with E-state index in [4.69, 9.17) is 4.42 Å². The predicted octanol–water partition coefficient (Wildman–Crippen LogP) is 5.87. The molecule has 5 aromatic rings. The number of rotatable bonds is 7. The zero-order valence-corrected chi connectivity index (χ0v) is 24.8. The first-order valence-electron chi connectivity index (χ1n) is 14.9. The molecular weight excluding hydrogens is 568 g/mol. The van der Waals surface area contributed by atoms with E-state index in [9.17, 15) is 24.0 Å². The third-order valence-electron chi connectivity index (χ3n) is 8.58. The second-order valence-electron chi connectivity index (χ2n) is 11.3. The Hall–Kier alpha value is -5.63. The molecule has 0 unspecified atom stereocenters. The highest BCUT2D eigenvalue weighted by Crippen LogP contribution is 2.28. The van der Waals surface area contributed by atoms with E-state index in [0.29, 0.717) is 59.3 Å². The van der Waals surface area contributed by atoms with Gasteiger partial charge in [0.25, 0.3) is 23.6 Å². The van der Waals surface area contributed by atoms with Crippen LogP contribution < -0.4 is 5.63 Å². The Morgan fingerprint density at radius 1 is 0.489 bits per heavy atom. The molecule has 4 aromatic carbocycles. The Morgan fingerprint density at radius 2 is 0.956 bits per heavy atom. The topological polar surface area (TPSA) is 105 Å². The smallest absolute Gasteiger partial charge is 0.344 e. The van der Waals surface area contributed by atoms with E-state index in [-0.39, 0.29) is 23.6 Å². The molecule has 0 spiro atoms. The molecule has 4 amide bonds. The molecular formula is C37H28N2O6. The van der Waals surface area contributed by atoms with Gasteiger partial charge in [0.05, 0.1) is 27.8 Å². The van der Waals surface area contributed by atoms with Crippen molar-refractivity contribution < 1.29 is 23.6 Å². The normalized spacial score (nSPS) is 14.1. The summed E-state index contributed by atoms with van der Waals surface area (Å²) in [5, 5.41) is 0.772. The van der Waals surface area contributed by atoms with Crippen LogP contribution in [0.4, 0.5) is 0 Å². The number of carbonyl (C=O) groups excluding carboxylic acids is 4. The van der Waals surface area contributed by atoms with Gasteiger partial charge in [-0.1, -0.05) is 42.5 Å². The van der Waals surface area contributed by atoms with Gasteiger partial charge in [-0.2, -0.15) is 0 Å². The molecule has 0 N–H and O–H groups in total. The van der Waals surface area contributed by atoms with E-state index in [1.54, 1.807) is 44.2 Å². The lowest BCUT2D eigenvalue weighted by molar-refractivity contribution is 0.0647. The first-order valence-corrected chi connectivity index (χ1v) is 14.9. The van der Waals surface area contributed by atoms with Gasteiger partial charge in [-0.15, -0.1) is 0 Å². The van der Waals surface area contributed by atoms with Crippen molar-refractivity contribution in [2.24, 2.45) is 0 Å². The summed E-state index contributed by atoms with van der Waals surface area (Å²) < 4.78 is 5.66. The van der Waals surface area contributed by atoms with Crippen molar-refractivity contribution in [3.05, 3.63) is 140 Å². The molecule has 8 heteroatoms. The maximum absolute atomic E-state index is 12.9. The number of benzene rings is 4. The number of hydrogen-bond acceptors (Lipinski definition) is 6. The van der Waals surface area contributed by atoms with E-state index in [1.165, 1.54) is 9.80 Å². The van der Waals surface area contributed by atoms with E-state index in [2.05, 4.69) is 0 Å². The maximum atomic E-state index is 12.9. The lowest BCUT2D eigenvalue weighted by atomic mass is 9.97. The van der Waals surface area contributed by atoms with Gasteiger partial charge in [0.15, 0.2) is 0 Å². The molecule has 45 heavy (non-hydrogen) atoms. The first kappa shape index (κ1) is 28.2. The van der Waals surface area contributed by atoms with Crippen LogP contribution in [0, 0.1) is 0 Å². The van der Waals surface area contributed by atoms with Crippen molar-refractivity contribution in [3.63, 3.8) is 0 Å². The van der Waals surface area contributed by atoms with Gasteiger partial charge in [-0.05, 0) is 97.0 Å². The van der Waals surface area contributed by atoms with Gasteiger partial charge in [-0.3, -0.25) is 29.0 Å². The summed E-state index contributed by atoms with van der Waals surface area (Å²) in [7, 11) is 0. The number of nitrogens with zero attached hydrogens (tertiary/aromatic N) is 2. The molecule has 3 heterocycles. The molecule has 0 fully saturated rings. The minimum Gasteiger partial charge on any atom is -0.422 e. The highest BCUT2D eigenvalue weighted by molar-refractivity contribution is 6.22. The van der Waals surface area contributed by atoms with Crippen LogP contribution in [0.5, 0.6) is 0 Å². The van der Waals surface area contributed by atoms with Crippen molar-refractivity contribution in [1.82, 2.24) is 9.80 Å². The van der Waals surface area contributed by atoms with Gasteiger partial charge in [0.2, 0.25) is 0 Å². The first-order chi connectivity index (χ1) is 21.7. The fourth-order valence-corrected chi connectivity index (χ4v) is 6.23. The van der Waals surface area contributed by atoms with Crippen LogP contribution in [-0.2, 0) is 12.8 Å². The molecule has 0 radical (unpaired) electrons. The Labute approximate surface area is 258 Å². The van der Waals surface area contributed by atoms with Crippen molar-refractivity contribution in [3.8, 4) is 11.1 Å². The second kappa shape index (κ2) is 10.8. The lowest BCUT2D eigenvalue weighted by Gasteiger charge is -2.09. The summed E-state index contributed by atoms with van der Waals surface area (Å²) in [6.07, 6.45) is 1.11. The van der Waals surface area contributed by atoms with Crippen molar-refractivity contribution >= 4 is 34.6 Å². The molecule has 2 aliphatic heterocycles. The molecule has 7 rings (SSSR count). The maximum Gasteiger partial charge on any atom is 0.344 e. The van der Waals surface area contributed by atoms with Gasteiger partial charge in [-0.25, -0.2) is 4.79 Å². The zero-order chi connectivity index (χ0) is 31.4. The number of carbonyl (C=O) groups is 4. The summed E-state index contributed by atoms with van der Waals surface area (Å²) in [5.74, 6) is -1.04. The average Bonchev–Trinajstić information content (AvgIpc) is 3.43. The Bertz CT molecular complexity index is 2140. The summed E-state index contributed by atoms with van der Waals surface area (Å²) in [6, 6.07) is 25.8. The van der Waals surface area contributed by atoms with Crippen LogP contribution in [0.25, 0.3) is 22.1 Å². The van der Waals surface area contributed by atoms with Gasteiger partial charge in [0.1, 0.15) is 5.58 Å². The number of imide groups is 2. The molecule has 0 aliphatic carbocycles. The average molecular weight is 597 g/mol. The van der Waals surface area contributed by atoms with Crippen LogP contribution in [0.1, 0.15) is 77.5 Å². The molecule has 0 saturated carbocycles. The third-order valence-corrected chi connectivity index (χ3v) is 8.58. The van der Waals surface area contributed by atoms with Crippen LogP contribution in [0.2, 0.25) is 0 Å². The van der Waals surface area contributed by atoms with E-state index in [1.807, 2.05) is 54.6 Å². The summed E-state index contributed by atoms with van der Waals surface area (Å²) in [4.78, 5) is 65.6. The van der Waals surface area contributed by atoms with E-state index in [0.717, 1.165) is 33.2 Å². The summed E-state index contributed by atoms with van der Waals surface area (Å²) in [5.41, 5.74) is 6.72. The van der Waals surface area contributed by atoms with E-state index < -0.39 is 5.63 Å². The fraction of sp³-hybridized carbons (Fsp3) is 0.162. The Morgan fingerprint density at radius 3 is 1.51 bits per heavy atom. The van der Waals surface area contributed by atoms with Crippen LogP contribution in [0.3, 0.4) is 0 Å². The second-order valence-corrected chi connectivity index (χ2v) is 11.3. The number of hydrogen-bond donors (Lipinski definition) is 0. The third kappa shape index (κ3) is 4.75. The van der Waals surface area contributed by atoms with Gasteiger partial charge in [0, 0.05) is 18.5 Å². The SMILES string of the molecule is CCN1C(=O)c2ccc(Cc3ccc(-c4cc5cc(Cc6ccc7c(c6)C(=O)N(CC)C7=O)ccc5oc4=O)cc3)cc2C1=O. The molecule has 1 aromatic heterocycles. The molecule has 0 bridgehead atoms. The predicted molar refractivity (Wildman–Crippen MR) is 168 cm³/mol.